The van der Waals surface area contributed by atoms with Crippen LogP contribution in [0, 0.1) is 6.92 Å². The van der Waals surface area contributed by atoms with Crippen molar-refractivity contribution in [3.05, 3.63) is 59.2 Å². The lowest BCUT2D eigenvalue weighted by atomic mass is 10.1. The molecule has 1 amide bonds. The summed E-state index contributed by atoms with van der Waals surface area (Å²) in [5, 5.41) is 5.14. The first-order valence-electron chi connectivity index (χ1n) is 7.96. The van der Waals surface area contributed by atoms with Crippen LogP contribution in [-0.2, 0) is 26.0 Å². The van der Waals surface area contributed by atoms with Crippen molar-refractivity contribution in [1.29, 1.82) is 0 Å². The van der Waals surface area contributed by atoms with Gasteiger partial charge in [-0.05, 0) is 42.7 Å². The Bertz CT molecular complexity index is 985. The number of amides is 1. The predicted molar refractivity (Wildman–Crippen MR) is 95.3 cm³/mol. The number of nitrogens with zero attached hydrogens (tertiary/aromatic N) is 1. The second-order valence-electron chi connectivity index (χ2n) is 6.03. The molecule has 0 saturated carbocycles. The maximum absolute atomic E-state index is 12.4. The van der Waals surface area contributed by atoms with Crippen LogP contribution in [0.2, 0.25) is 0 Å². The maximum atomic E-state index is 12.4. The molecule has 0 spiro atoms. The number of nitrogens with two attached hydrogens (primary N) is 1. The minimum Gasteiger partial charge on any atom is -0.452 e. The van der Waals surface area contributed by atoms with E-state index >= 15 is 0 Å². The average Bonchev–Trinajstić information content (AvgIpc) is 3.03. The molecule has 2 N–H and O–H groups in total. The smallest absolute Gasteiger partial charge is 0.338 e. The van der Waals surface area contributed by atoms with Crippen molar-refractivity contribution >= 4 is 27.6 Å². The molecule has 2 aromatic rings. The van der Waals surface area contributed by atoms with Gasteiger partial charge in [0, 0.05) is 12.2 Å². The van der Waals surface area contributed by atoms with Gasteiger partial charge in [-0.3, -0.25) is 4.79 Å². The predicted octanol–water partition coefficient (Wildman–Crippen LogP) is 1.39. The summed E-state index contributed by atoms with van der Waals surface area (Å²) in [6.45, 7) is 1.69. The summed E-state index contributed by atoms with van der Waals surface area (Å²) in [5.41, 5.74) is 2.34. The second kappa shape index (κ2) is 6.89. The Labute approximate surface area is 151 Å². The zero-order valence-corrected chi connectivity index (χ0v) is 15.0. The van der Waals surface area contributed by atoms with E-state index in [-0.39, 0.29) is 16.4 Å². The Morgan fingerprint density at radius 2 is 1.92 bits per heavy atom. The highest BCUT2D eigenvalue weighted by Gasteiger charge is 2.25. The van der Waals surface area contributed by atoms with Crippen LogP contribution in [0.5, 0.6) is 0 Å². The highest BCUT2D eigenvalue weighted by molar-refractivity contribution is 7.89. The Morgan fingerprint density at radius 3 is 2.65 bits per heavy atom. The number of sulfonamides is 1. The summed E-state index contributed by atoms with van der Waals surface area (Å²) in [6, 6.07) is 11.6. The van der Waals surface area contributed by atoms with E-state index < -0.39 is 22.6 Å². The zero-order valence-electron chi connectivity index (χ0n) is 14.1. The number of fused-ring (bicyclic) bond motifs is 1. The van der Waals surface area contributed by atoms with Gasteiger partial charge in [0.25, 0.3) is 5.91 Å². The molecule has 0 saturated heterocycles. The van der Waals surface area contributed by atoms with Gasteiger partial charge in [0.1, 0.15) is 0 Å². The van der Waals surface area contributed by atoms with Crippen molar-refractivity contribution in [2.24, 2.45) is 5.14 Å². The number of carbonyl (C=O) groups excluding carboxylic acids is 2. The van der Waals surface area contributed by atoms with Crippen molar-refractivity contribution in [3.63, 3.8) is 0 Å². The van der Waals surface area contributed by atoms with E-state index in [9.17, 15) is 18.0 Å². The van der Waals surface area contributed by atoms with E-state index in [4.69, 9.17) is 9.88 Å². The van der Waals surface area contributed by atoms with Gasteiger partial charge in [0.15, 0.2) is 6.61 Å². The van der Waals surface area contributed by atoms with Crippen LogP contribution in [0.1, 0.15) is 21.5 Å². The molecule has 136 valence electrons. The normalized spacial score (nSPS) is 13.4. The fourth-order valence-corrected chi connectivity index (χ4v) is 3.73. The van der Waals surface area contributed by atoms with Crippen LogP contribution in [0.25, 0.3) is 0 Å². The van der Waals surface area contributed by atoms with E-state index in [0.29, 0.717) is 12.1 Å². The van der Waals surface area contributed by atoms with Crippen LogP contribution in [0.3, 0.4) is 0 Å². The molecule has 1 heterocycles. The number of hydrogen-bond donors (Lipinski definition) is 1. The Hall–Kier alpha value is -2.71. The van der Waals surface area contributed by atoms with Gasteiger partial charge in [-0.25, -0.2) is 18.4 Å². The number of hydrogen-bond acceptors (Lipinski definition) is 5. The van der Waals surface area contributed by atoms with Crippen LogP contribution in [-0.4, -0.2) is 33.4 Å². The van der Waals surface area contributed by atoms with Crippen molar-refractivity contribution in [2.45, 2.75) is 18.2 Å². The molecule has 3 rings (SSSR count). The van der Waals surface area contributed by atoms with E-state index in [1.54, 1.807) is 11.8 Å². The standard InChI is InChI=1S/C18H18N2O5S/c1-12-6-7-14(10-16(12)26(19,23)24)18(22)25-11-17(21)20-9-8-13-4-2-3-5-15(13)20/h2-7,10H,8-9,11H2,1H3,(H2,19,23,24). The first-order chi connectivity index (χ1) is 12.3. The van der Waals surface area contributed by atoms with Gasteiger partial charge in [-0.15, -0.1) is 0 Å². The molecule has 1 aliphatic rings. The number of anilines is 1. The molecule has 0 atom stereocenters. The Balaban J connectivity index is 1.69. The number of primary sulfonamides is 1. The monoisotopic (exact) mass is 374 g/mol. The number of para-hydroxylation sites is 1. The summed E-state index contributed by atoms with van der Waals surface area (Å²) >= 11 is 0. The van der Waals surface area contributed by atoms with Gasteiger partial charge >= 0.3 is 5.97 Å². The Kier molecular flexibility index (Phi) is 4.80. The lowest BCUT2D eigenvalue weighted by molar-refractivity contribution is -0.121. The molecule has 7 nitrogen and oxygen atoms in total. The molecule has 0 fully saturated rings. The Morgan fingerprint density at radius 1 is 1.19 bits per heavy atom. The van der Waals surface area contributed by atoms with Gasteiger partial charge in [-0.1, -0.05) is 24.3 Å². The van der Waals surface area contributed by atoms with E-state index in [1.807, 2.05) is 24.3 Å². The lowest BCUT2D eigenvalue weighted by Crippen LogP contribution is -2.33. The fraction of sp³-hybridized carbons (Fsp3) is 0.222. The van der Waals surface area contributed by atoms with E-state index in [1.165, 1.54) is 12.1 Å². The highest BCUT2D eigenvalue weighted by Crippen LogP contribution is 2.27. The number of ether oxygens (including phenoxy) is 1. The van der Waals surface area contributed by atoms with Crippen LogP contribution in [0.4, 0.5) is 5.69 Å². The third-order valence-corrected chi connectivity index (χ3v) is 5.30. The van der Waals surface area contributed by atoms with Crippen LogP contribution >= 0.6 is 0 Å². The number of rotatable bonds is 4. The summed E-state index contributed by atoms with van der Waals surface area (Å²) in [5.74, 6) is -1.11. The van der Waals surface area contributed by atoms with E-state index in [2.05, 4.69) is 0 Å². The molecule has 1 aliphatic heterocycles. The molecule has 0 radical (unpaired) electrons. The minimum atomic E-state index is -3.95. The molecule has 0 unspecified atom stereocenters. The molecule has 0 aromatic heterocycles. The van der Waals surface area contributed by atoms with Gasteiger partial charge in [0.05, 0.1) is 10.5 Å². The first-order valence-corrected chi connectivity index (χ1v) is 9.51. The molecule has 0 bridgehead atoms. The number of benzene rings is 2. The highest BCUT2D eigenvalue weighted by atomic mass is 32.2. The number of aryl methyl sites for hydroxylation is 1. The molecular formula is C18H18N2O5S. The average molecular weight is 374 g/mol. The van der Waals surface area contributed by atoms with E-state index in [0.717, 1.165) is 23.7 Å². The van der Waals surface area contributed by atoms with Crippen LogP contribution in [0.15, 0.2) is 47.4 Å². The van der Waals surface area contributed by atoms with Gasteiger partial charge in [-0.2, -0.15) is 0 Å². The van der Waals surface area contributed by atoms with Gasteiger partial charge in [0.2, 0.25) is 10.0 Å². The minimum absolute atomic E-state index is 0.0225. The summed E-state index contributed by atoms with van der Waals surface area (Å²) in [4.78, 5) is 26.0. The molecule has 2 aromatic carbocycles. The second-order valence-corrected chi connectivity index (χ2v) is 7.56. The number of carbonyl (C=O) groups is 2. The topological polar surface area (TPSA) is 107 Å². The third-order valence-electron chi connectivity index (χ3n) is 4.25. The maximum Gasteiger partial charge on any atom is 0.338 e. The fourth-order valence-electron chi connectivity index (χ4n) is 2.92. The van der Waals surface area contributed by atoms with Gasteiger partial charge < -0.3 is 9.64 Å². The van der Waals surface area contributed by atoms with Crippen molar-refractivity contribution < 1.29 is 22.7 Å². The zero-order chi connectivity index (χ0) is 18.9. The van der Waals surface area contributed by atoms with Crippen molar-refractivity contribution in [1.82, 2.24) is 0 Å². The third kappa shape index (κ3) is 3.61. The summed E-state index contributed by atoms with van der Waals surface area (Å²) < 4.78 is 28.2. The lowest BCUT2D eigenvalue weighted by Gasteiger charge is -2.17. The van der Waals surface area contributed by atoms with Crippen LogP contribution < -0.4 is 10.0 Å². The molecule has 26 heavy (non-hydrogen) atoms. The SMILES string of the molecule is Cc1ccc(C(=O)OCC(=O)N2CCc3ccccc32)cc1S(N)(=O)=O. The molecule has 8 heteroatoms. The molecular weight excluding hydrogens is 356 g/mol. The number of esters is 1. The first kappa shape index (κ1) is 18.1. The summed E-state index contributed by atoms with van der Waals surface area (Å²) in [7, 11) is -3.95. The van der Waals surface area contributed by atoms with Crippen molar-refractivity contribution in [3.8, 4) is 0 Å². The summed E-state index contributed by atoms with van der Waals surface area (Å²) in [6.07, 6.45) is 0.755. The van der Waals surface area contributed by atoms with Crippen molar-refractivity contribution in [2.75, 3.05) is 18.1 Å². The quantitative estimate of drug-likeness (QED) is 0.814. The largest absolute Gasteiger partial charge is 0.452 e. The molecule has 0 aliphatic carbocycles.